The molecule has 3 N–H and O–H groups in total. The second-order valence-corrected chi connectivity index (χ2v) is 12.8. The summed E-state index contributed by atoms with van der Waals surface area (Å²) in [6, 6.07) is 8.01. The van der Waals surface area contributed by atoms with Crippen LogP contribution in [-0.4, -0.2) is 102 Å². The van der Waals surface area contributed by atoms with Gasteiger partial charge in [0.05, 0.1) is 30.1 Å². The monoisotopic (exact) mass is 654 g/mol. The highest BCUT2D eigenvalue weighted by molar-refractivity contribution is 6.23. The maximum atomic E-state index is 13.6. The molecule has 14 heteroatoms. The number of piperidine rings is 2. The van der Waals surface area contributed by atoms with E-state index >= 15 is 0 Å². The van der Waals surface area contributed by atoms with Crippen LogP contribution in [0.5, 0.6) is 5.75 Å². The van der Waals surface area contributed by atoms with Crippen molar-refractivity contribution >= 4 is 46.6 Å². The zero-order chi connectivity index (χ0) is 33.7. The lowest BCUT2D eigenvalue weighted by Crippen LogP contribution is -2.54. The van der Waals surface area contributed by atoms with Crippen LogP contribution in [0.25, 0.3) is 11.1 Å². The average molecular weight is 655 g/mol. The van der Waals surface area contributed by atoms with Crippen molar-refractivity contribution in [3.8, 4) is 16.9 Å². The minimum Gasteiger partial charge on any atom is -0.495 e. The highest BCUT2D eigenvalue weighted by Gasteiger charge is 2.45. The predicted octanol–water partition coefficient (Wildman–Crippen LogP) is 1.64. The summed E-state index contributed by atoms with van der Waals surface area (Å²) in [6.07, 6.45) is 5.41. The Kier molecular flexibility index (Phi) is 8.01. The van der Waals surface area contributed by atoms with Crippen LogP contribution >= 0.6 is 0 Å². The van der Waals surface area contributed by atoms with Crippen LogP contribution in [0.2, 0.25) is 0 Å². The Bertz CT molecular complexity index is 1820. The topological polar surface area (TPSA) is 163 Å². The van der Waals surface area contributed by atoms with Gasteiger partial charge in [0, 0.05) is 93.4 Å². The van der Waals surface area contributed by atoms with Gasteiger partial charge in [-0.15, -0.1) is 0 Å². The number of anilines is 3. The van der Waals surface area contributed by atoms with E-state index in [-0.39, 0.29) is 35.8 Å². The molecule has 1 atom stereocenters. The molecule has 7 rings (SSSR count). The van der Waals surface area contributed by atoms with E-state index in [2.05, 4.69) is 20.2 Å². The molecule has 0 saturated carbocycles. The number of aryl methyl sites for hydroxylation is 1. The van der Waals surface area contributed by atoms with E-state index in [4.69, 9.17) is 10.5 Å². The first-order valence-corrected chi connectivity index (χ1v) is 16.2. The summed E-state index contributed by atoms with van der Waals surface area (Å²) >= 11 is 0. The minimum atomic E-state index is -1.00. The van der Waals surface area contributed by atoms with Gasteiger partial charge in [-0.05, 0) is 43.5 Å². The molecule has 0 bridgehead atoms. The number of nitrogens with two attached hydrogens (primary N) is 1. The van der Waals surface area contributed by atoms with Gasteiger partial charge >= 0.3 is 0 Å². The number of nitrogen functional groups attached to an aromatic ring is 1. The molecular weight excluding hydrogens is 616 g/mol. The standard InChI is InChI=1S/C34H38N8O6/c1-38-19-21(18-36-38)24-16-26(35)29(48-2)17-28(24)40-9-7-20(8-10-40)32(45)41-13-11-39(12-14-41)22-3-4-23-25(15-22)34(47)42(33(23)46)27-5-6-30(43)37-31(27)44/h3-4,15-20,27H,5-14,35H2,1-2H3,(H,37,43,44). The SMILES string of the molecule is COc1cc(N2CCC(C(=O)N3CCN(c4ccc5c(c4)C(=O)N(C4CCC(=O)NC4=O)C5=O)CC3)CC2)c(-c2cnn(C)c2)cc1N. The Balaban J connectivity index is 0.971. The van der Waals surface area contributed by atoms with Crippen LogP contribution in [0.3, 0.4) is 0 Å². The molecule has 0 spiro atoms. The third-order valence-electron chi connectivity index (χ3n) is 9.93. The Hall–Kier alpha value is -5.40. The summed E-state index contributed by atoms with van der Waals surface area (Å²) in [4.78, 5) is 71.3. The van der Waals surface area contributed by atoms with E-state index in [1.54, 1.807) is 30.0 Å². The predicted molar refractivity (Wildman–Crippen MR) is 176 cm³/mol. The molecule has 5 amide bonds. The van der Waals surface area contributed by atoms with E-state index in [1.807, 2.05) is 36.5 Å². The molecule has 0 radical (unpaired) electrons. The van der Waals surface area contributed by atoms with Gasteiger partial charge in [0.2, 0.25) is 17.7 Å². The molecule has 2 aromatic carbocycles. The number of carbonyl (C=O) groups excluding carboxylic acids is 5. The lowest BCUT2D eigenvalue weighted by Gasteiger charge is -2.40. The van der Waals surface area contributed by atoms with E-state index in [0.717, 1.165) is 40.2 Å². The maximum Gasteiger partial charge on any atom is 0.262 e. The summed E-state index contributed by atoms with van der Waals surface area (Å²) in [5, 5.41) is 6.55. The Morgan fingerprint density at radius 3 is 2.29 bits per heavy atom. The van der Waals surface area contributed by atoms with Crippen molar-refractivity contribution in [3.05, 3.63) is 53.9 Å². The number of nitrogens with one attached hydrogen (secondary N) is 1. The third-order valence-corrected chi connectivity index (χ3v) is 9.93. The first kappa shape index (κ1) is 31.2. The quantitative estimate of drug-likeness (QED) is 0.295. The van der Waals surface area contributed by atoms with Crippen LogP contribution in [0.15, 0.2) is 42.7 Å². The fourth-order valence-corrected chi connectivity index (χ4v) is 7.28. The largest absolute Gasteiger partial charge is 0.495 e. The first-order valence-electron chi connectivity index (χ1n) is 16.2. The molecule has 3 fully saturated rings. The van der Waals surface area contributed by atoms with Crippen molar-refractivity contribution in [2.45, 2.75) is 31.7 Å². The summed E-state index contributed by atoms with van der Waals surface area (Å²) in [6.45, 7) is 3.70. The summed E-state index contributed by atoms with van der Waals surface area (Å²) in [5.74, 6) is -1.41. The molecule has 14 nitrogen and oxygen atoms in total. The summed E-state index contributed by atoms with van der Waals surface area (Å²) in [5.41, 5.74) is 11.0. The van der Waals surface area contributed by atoms with Gasteiger partial charge < -0.3 is 25.2 Å². The number of imide groups is 2. The molecule has 4 aliphatic heterocycles. The number of carbonyl (C=O) groups is 5. The van der Waals surface area contributed by atoms with Crippen LogP contribution in [0.4, 0.5) is 17.1 Å². The number of piperazine rings is 1. The zero-order valence-electron chi connectivity index (χ0n) is 27.0. The summed E-state index contributed by atoms with van der Waals surface area (Å²) < 4.78 is 7.28. The Morgan fingerprint density at radius 1 is 0.896 bits per heavy atom. The molecule has 48 heavy (non-hydrogen) atoms. The van der Waals surface area contributed by atoms with Crippen LogP contribution in [0.1, 0.15) is 46.4 Å². The highest BCUT2D eigenvalue weighted by atomic mass is 16.5. The lowest BCUT2D eigenvalue weighted by molar-refractivity contribution is -0.137. The molecule has 3 saturated heterocycles. The molecule has 4 aliphatic rings. The third kappa shape index (κ3) is 5.50. The van der Waals surface area contributed by atoms with Gasteiger partial charge in [-0.25, -0.2) is 0 Å². The Morgan fingerprint density at radius 2 is 1.62 bits per heavy atom. The highest BCUT2D eigenvalue weighted by Crippen LogP contribution is 2.40. The van der Waals surface area contributed by atoms with Crippen molar-refractivity contribution in [2.75, 3.05) is 61.9 Å². The van der Waals surface area contributed by atoms with Crippen molar-refractivity contribution in [2.24, 2.45) is 13.0 Å². The van der Waals surface area contributed by atoms with Crippen molar-refractivity contribution < 1.29 is 28.7 Å². The number of hydrogen-bond donors (Lipinski definition) is 2. The molecule has 0 aliphatic carbocycles. The number of benzene rings is 2. The van der Waals surface area contributed by atoms with Crippen LogP contribution in [0, 0.1) is 5.92 Å². The van der Waals surface area contributed by atoms with Gasteiger partial charge in [-0.1, -0.05) is 0 Å². The van der Waals surface area contributed by atoms with E-state index in [1.165, 1.54) is 0 Å². The normalized spacial score (nSPS) is 20.3. The number of methoxy groups -OCH3 is 1. The van der Waals surface area contributed by atoms with Gasteiger partial charge in [0.1, 0.15) is 11.8 Å². The number of fused-ring (bicyclic) bond motifs is 1. The minimum absolute atomic E-state index is 0.0715. The fourth-order valence-electron chi connectivity index (χ4n) is 7.28. The van der Waals surface area contributed by atoms with E-state index < -0.39 is 29.7 Å². The molecule has 250 valence electrons. The van der Waals surface area contributed by atoms with Gasteiger partial charge in [-0.3, -0.25) is 38.9 Å². The molecule has 1 unspecified atom stereocenters. The molecular formula is C34H38N8O6. The summed E-state index contributed by atoms with van der Waals surface area (Å²) in [7, 11) is 3.48. The van der Waals surface area contributed by atoms with E-state index in [9.17, 15) is 24.0 Å². The number of hydrogen-bond acceptors (Lipinski definition) is 10. The molecule has 5 heterocycles. The van der Waals surface area contributed by atoms with Crippen molar-refractivity contribution in [3.63, 3.8) is 0 Å². The second-order valence-electron chi connectivity index (χ2n) is 12.8. The smallest absolute Gasteiger partial charge is 0.262 e. The number of rotatable bonds is 6. The fraction of sp³-hybridized carbons (Fsp3) is 0.412. The molecule has 1 aromatic heterocycles. The second kappa shape index (κ2) is 12.3. The first-order chi connectivity index (χ1) is 23.1. The van der Waals surface area contributed by atoms with E-state index in [0.29, 0.717) is 50.7 Å². The Labute approximate surface area is 277 Å². The number of amides is 5. The number of aromatic nitrogens is 2. The number of nitrogens with zero attached hydrogens (tertiary/aromatic N) is 6. The maximum absolute atomic E-state index is 13.6. The van der Waals surface area contributed by atoms with Crippen LogP contribution < -0.4 is 25.6 Å². The van der Waals surface area contributed by atoms with Crippen LogP contribution in [-0.2, 0) is 21.4 Å². The average Bonchev–Trinajstić information content (AvgIpc) is 3.64. The van der Waals surface area contributed by atoms with Gasteiger partial charge in [-0.2, -0.15) is 5.10 Å². The lowest BCUT2D eigenvalue weighted by atomic mass is 9.93. The molecule has 3 aromatic rings. The van der Waals surface area contributed by atoms with Crippen molar-refractivity contribution in [1.29, 1.82) is 0 Å². The zero-order valence-corrected chi connectivity index (χ0v) is 27.0. The van der Waals surface area contributed by atoms with Gasteiger partial charge in [0.15, 0.2) is 0 Å². The van der Waals surface area contributed by atoms with Crippen molar-refractivity contribution in [1.82, 2.24) is 24.9 Å². The van der Waals surface area contributed by atoms with Gasteiger partial charge in [0.25, 0.3) is 11.8 Å². The number of ether oxygens (including phenoxy) is 1.